The molecule has 0 aliphatic carbocycles. The predicted octanol–water partition coefficient (Wildman–Crippen LogP) is 4.26. The fourth-order valence-corrected chi connectivity index (χ4v) is 2.31. The molecule has 1 N–H and O–H groups in total. The van der Waals surface area contributed by atoms with Gasteiger partial charge in [-0.1, -0.05) is 29.3 Å². The lowest BCUT2D eigenvalue weighted by Crippen LogP contribution is -2.12. The van der Waals surface area contributed by atoms with E-state index in [1.807, 2.05) is 32.0 Å². The highest BCUT2D eigenvalue weighted by Gasteiger charge is 2.09. The molecule has 98 valence electrons. The molecule has 0 atom stereocenters. The number of hydrogen-bond donors (Lipinski definition) is 1. The molecular formula is C14H12Cl2N2O. The summed E-state index contributed by atoms with van der Waals surface area (Å²) in [4.78, 5) is 15.9. The summed E-state index contributed by atoms with van der Waals surface area (Å²) in [5.74, 6) is -0.267. The number of nitrogens with one attached hydrogen (secondary N) is 1. The highest BCUT2D eigenvalue weighted by molar-refractivity contribution is 6.33. The molecule has 19 heavy (non-hydrogen) atoms. The number of halogens is 2. The molecule has 2 aromatic rings. The number of rotatable bonds is 2. The monoisotopic (exact) mass is 294 g/mol. The van der Waals surface area contributed by atoms with E-state index in [2.05, 4.69) is 10.3 Å². The second-order valence-corrected chi connectivity index (χ2v) is 5.11. The molecule has 0 aliphatic rings. The van der Waals surface area contributed by atoms with Crippen LogP contribution in [0.4, 0.5) is 5.69 Å². The zero-order valence-electron chi connectivity index (χ0n) is 10.5. The van der Waals surface area contributed by atoms with Crippen LogP contribution in [0.3, 0.4) is 0 Å². The molecule has 3 nitrogen and oxygen atoms in total. The van der Waals surface area contributed by atoms with Gasteiger partial charge in [-0.05, 0) is 49.2 Å². The van der Waals surface area contributed by atoms with Crippen molar-refractivity contribution in [1.82, 2.24) is 4.98 Å². The Morgan fingerprint density at radius 3 is 2.05 bits per heavy atom. The maximum Gasteiger partial charge on any atom is 0.255 e. The number of aryl methyl sites for hydroxylation is 2. The Balaban J connectivity index is 2.25. The molecule has 0 aliphatic heterocycles. The van der Waals surface area contributed by atoms with Gasteiger partial charge in [0, 0.05) is 11.3 Å². The highest BCUT2D eigenvalue weighted by atomic mass is 35.5. The second kappa shape index (κ2) is 5.59. The van der Waals surface area contributed by atoms with Gasteiger partial charge < -0.3 is 5.32 Å². The van der Waals surface area contributed by atoms with Gasteiger partial charge in [0.1, 0.15) is 10.3 Å². The summed E-state index contributed by atoms with van der Waals surface area (Å²) in [6.07, 6.45) is 0. The zero-order chi connectivity index (χ0) is 14.0. The first-order valence-electron chi connectivity index (χ1n) is 5.67. The van der Waals surface area contributed by atoms with Gasteiger partial charge in [-0.25, -0.2) is 4.98 Å². The quantitative estimate of drug-likeness (QED) is 0.841. The van der Waals surface area contributed by atoms with Crippen LogP contribution >= 0.6 is 23.2 Å². The summed E-state index contributed by atoms with van der Waals surface area (Å²) >= 11 is 11.5. The molecule has 0 bridgehead atoms. The Bertz CT molecular complexity index is 601. The molecule has 0 fully saturated rings. The Labute approximate surface area is 121 Å². The number of hydrogen-bond acceptors (Lipinski definition) is 2. The van der Waals surface area contributed by atoms with Crippen molar-refractivity contribution in [3.8, 4) is 0 Å². The Morgan fingerprint density at radius 2 is 1.53 bits per heavy atom. The van der Waals surface area contributed by atoms with E-state index >= 15 is 0 Å². The summed E-state index contributed by atoms with van der Waals surface area (Å²) < 4.78 is 0. The number of amides is 1. The normalized spacial score (nSPS) is 10.3. The van der Waals surface area contributed by atoms with Crippen molar-refractivity contribution >= 4 is 34.8 Å². The van der Waals surface area contributed by atoms with Gasteiger partial charge in [-0.3, -0.25) is 4.79 Å². The molecule has 1 aromatic heterocycles. The van der Waals surface area contributed by atoms with Crippen LogP contribution in [0, 0.1) is 13.8 Å². The van der Waals surface area contributed by atoms with Crippen molar-refractivity contribution in [3.05, 3.63) is 57.3 Å². The molecule has 0 saturated carbocycles. The summed E-state index contributed by atoms with van der Waals surface area (Å²) in [6, 6.07) is 8.79. The number of anilines is 1. The van der Waals surface area contributed by atoms with E-state index in [1.54, 1.807) is 0 Å². The molecule has 0 spiro atoms. The standard InChI is InChI=1S/C14H12Cl2N2O/c1-8-3-9(2)5-11(4-8)17-14(19)10-6-12(15)18-13(16)7-10/h3-7H,1-2H3,(H,17,19). The molecule has 5 heteroatoms. The molecule has 0 saturated heterocycles. The lowest BCUT2D eigenvalue weighted by Gasteiger charge is -2.08. The first-order valence-corrected chi connectivity index (χ1v) is 6.42. The van der Waals surface area contributed by atoms with E-state index in [0.29, 0.717) is 5.56 Å². The molecule has 1 amide bonds. The van der Waals surface area contributed by atoms with Crippen LogP contribution < -0.4 is 5.32 Å². The van der Waals surface area contributed by atoms with Crippen LogP contribution in [0.5, 0.6) is 0 Å². The van der Waals surface area contributed by atoms with Crippen LogP contribution in [0.1, 0.15) is 21.5 Å². The van der Waals surface area contributed by atoms with Crippen LogP contribution in [-0.4, -0.2) is 10.9 Å². The highest BCUT2D eigenvalue weighted by Crippen LogP contribution is 2.18. The third-order valence-electron chi connectivity index (χ3n) is 2.50. The molecule has 2 rings (SSSR count). The average molecular weight is 295 g/mol. The molecule has 1 heterocycles. The van der Waals surface area contributed by atoms with E-state index < -0.39 is 0 Å². The number of pyridine rings is 1. The van der Waals surface area contributed by atoms with Gasteiger partial charge in [0.2, 0.25) is 0 Å². The Hall–Kier alpha value is -1.58. The smallest absolute Gasteiger partial charge is 0.255 e. The summed E-state index contributed by atoms with van der Waals surface area (Å²) in [7, 11) is 0. The van der Waals surface area contributed by atoms with Crippen molar-refractivity contribution in [2.45, 2.75) is 13.8 Å². The maximum atomic E-state index is 12.1. The summed E-state index contributed by atoms with van der Waals surface area (Å²) in [6.45, 7) is 3.95. The Morgan fingerprint density at radius 1 is 1.00 bits per heavy atom. The SMILES string of the molecule is Cc1cc(C)cc(NC(=O)c2cc(Cl)nc(Cl)c2)c1. The van der Waals surface area contributed by atoms with Crippen molar-refractivity contribution in [1.29, 1.82) is 0 Å². The van der Waals surface area contributed by atoms with Gasteiger partial charge in [-0.15, -0.1) is 0 Å². The summed E-state index contributed by atoms with van der Waals surface area (Å²) in [5.41, 5.74) is 3.29. The Kier molecular flexibility index (Phi) is 4.08. The molecule has 1 aromatic carbocycles. The van der Waals surface area contributed by atoms with E-state index in [-0.39, 0.29) is 16.2 Å². The largest absolute Gasteiger partial charge is 0.322 e. The maximum absolute atomic E-state index is 12.1. The van der Waals surface area contributed by atoms with E-state index in [1.165, 1.54) is 12.1 Å². The van der Waals surface area contributed by atoms with Gasteiger partial charge in [-0.2, -0.15) is 0 Å². The number of nitrogens with zero attached hydrogens (tertiary/aromatic N) is 1. The first-order chi connectivity index (χ1) is 8.94. The second-order valence-electron chi connectivity index (χ2n) is 4.33. The molecule has 0 unspecified atom stereocenters. The minimum atomic E-state index is -0.267. The number of carbonyl (C=O) groups is 1. The van der Waals surface area contributed by atoms with Crippen molar-refractivity contribution in [3.63, 3.8) is 0 Å². The third kappa shape index (κ3) is 3.69. The zero-order valence-corrected chi connectivity index (χ0v) is 12.0. The van der Waals surface area contributed by atoms with Crippen LogP contribution in [0.25, 0.3) is 0 Å². The van der Waals surface area contributed by atoms with E-state index in [9.17, 15) is 4.79 Å². The van der Waals surface area contributed by atoms with Crippen LogP contribution in [0.15, 0.2) is 30.3 Å². The van der Waals surface area contributed by atoms with Gasteiger partial charge in [0.05, 0.1) is 0 Å². The fourth-order valence-electron chi connectivity index (χ4n) is 1.85. The number of benzene rings is 1. The van der Waals surface area contributed by atoms with Crippen molar-refractivity contribution in [2.75, 3.05) is 5.32 Å². The molecular weight excluding hydrogens is 283 g/mol. The number of aromatic nitrogens is 1. The lowest BCUT2D eigenvalue weighted by atomic mass is 10.1. The van der Waals surface area contributed by atoms with Gasteiger partial charge in [0.25, 0.3) is 5.91 Å². The number of carbonyl (C=O) groups excluding carboxylic acids is 1. The van der Waals surface area contributed by atoms with Crippen LogP contribution in [0.2, 0.25) is 10.3 Å². The first kappa shape index (κ1) is 13.8. The van der Waals surface area contributed by atoms with Crippen molar-refractivity contribution in [2.24, 2.45) is 0 Å². The molecule has 0 radical (unpaired) electrons. The average Bonchev–Trinajstić information content (AvgIpc) is 2.25. The fraction of sp³-hybridized carbons (Fsp3) is 0.143. The summed E-state index contributed by atoms with van der Waals surface area (Å²) in [5, 5.41) is 3.20. The van der Waals surface area contributed by atoms with Gasteiger partial charge in [0.15, 0.2) is 0 Å². The predicted molar refractivity (Wildman–Crippen MR) is 78.1 cm³/mol. The van der Waals surface area contributed by atoms with Gasteiger partial charge >= 0.3 is 0 Å². The van der Waals surface area contributed by atoms with E-state index in [0.717, 1.165) is 16.8 Å². The van der Waals surface area contributed by atoms with Crippen LogP contribution in [-0.2, 0) is 0 Å². The van der Waals surface area contributed by atoms with E-state index in [4.69, 9.17) is 23.2 Å². The minimum absolute atomic E-state index is 0.193. The lowest BCUT2D eigenvalue weighted by molar-refractivity contribution is 0.102. The third-order valence-corrected chi connectivity index (χ3v) is 2.89. The van der Waals surface area contributed by atoms with Crippen molar-refractivity contribution < 1.29 is 4.79 Å². The topological polar surface area (TPSA) is 42.0 Å². The minimum Gasteiger partial charge on any atom is -0.322 e.